The van der Waals surface area contributed by atoms with Crippen LogP contribution in [-0.4, -0.2) is 142 Å². The largest absolute Gasteiger partial charge is 0.462 e. The van der Waals surface area contributed by atoms with Gasteiger partial charge in [-0.15, -0.1) is 0 Å². The summed E-state index contributed by atoms with van der Waals surface area (Å²) in [5, 5.41) is 71.4. The monoisotopic (exact) mass is 800 g/mol. The van der Waals surface area contributed by atoms with E-state index in [2.05, 4.69) is 55.5 Å². The van der Waals surface area contributed by atoms with Gasteiger partial charge >= 0.3 is 11.9 Å². The molecule has 15 heteroatoms. The van der Waals surface area contributed by atoms with Gasteiger partial charge in [0.2, 0.25) is 0 Å². The van der Waals surface area contributed by atoms with Crippen molar-refractivity contribution in [2.75, 3.05) is 26.4 Å². The van der Waals surface area contributed by atoms with Gasteiger partial charge in [-0.25, -0.2) is 0 Å². The maximum absolute atomic E-state index is 12.8. The quantitative estimate of drug-likeness (QED) is 0.0343. The lowest BCUT2D eigenvalue weighted by atomic mass is 9.98. The molecule has 15 nitrogen and oxygen atoms in total. The maximum Gasteiger partial charge on any atom is 0.306 e. The number of aliphatic hydroxyl groups excluding tert-OH is 7. The third-order valence-corrected chi connectivity index (χ3v) is 9.32. The van der Waals surface area contributed by atoms with E-state index in [1.165, 1.54) is 0 Å². The second-order valence-electron chi connectivity index (χ2n) is 14.1. The highest BCUT2D eigenvalue weighted by molar-refractivity contribution is 5.70. The molecular weight excluding hydrogens is 732 g/mol. The van der Waals surface area contributed by atoms with Crippen molar-refractivity contribution in [2.45, 2.75) is 171 Å². The van der Waals surface area contributed by atoms with Crippen LogP contribution in [0.1, 0.15) is 104 Å². The second-order valence-corrected chi connectivity index (χ2v) is 14.1. The number of esters is 2. The van der Waals surface area contributed by atoms with Gasteiger partial charge in [0, 0.05) is 12.8 Å². The Morgan fingerprint density at radius 1 is 0.589 bits per heavy atom. The fourth-order valence-corrected chi connectivity index (χ4v) is 5.91. The summed E-state index contributed by atoms with van der Waals surface area (Å²) < 4.78 is 33.0. The highest BCUT2D eigenvalue weighted by Gasteiger charge is 2.47. The van der Waals surface area contributed by atoms with Gasteiger partial charge in [-0.2, -0.15) is 0 Å². The molecular formula is C41H68O15. The molecule has 0 radical (unpaired) electrons. The summed E-state index contributed by atoms with van der Waals surface area (Å²) in [5.74, 6) is -0.989. The lowest BCUT2D eigenvalue weighted by molar-refractivity contribution is -0.332. The van der Waals surface area contributed by atoms with Crippen LogP contribution in [-0.2, 0) is 38.0 Å². The van der Waals surface area contributed by atoms with E-state index in [1.54, 1.807) is 0 Å². The number of rotatable bonds is 28. The minimum absolute atomic E-state index is 0.135. The number of hydrogen-bond donors (Lipinski definition) is 7. The minimum atomic E-state index is -1.77. The van der Waals surface area contributed by atoms with Gasteiger partial charge in [0.15, 0.2) is 18.7 Å². The Balaban J connectivity index is 1.82. The summed E-state index contributed by atoms with van der Waals surface area (Å²) in [5.41, 5.74) is 0. The topological polar surface area (TPSA) is 231 Å². The number of allylic oxidation sites excluding steroid dienone is 8. The Labute approximate surface area is 331 Å². The highest BCUT2D eigenvalue weighted by Crippen LogP contribution is 2.26. The molecule has 0 bridgehead atoms. The van der Waals surface area contributed by atoms with Gasteiger partial charge in [0.1, 0.15) is 55.4 Å². The van der Waals surface area contributed by atoms with Crippen molar-refractivity contribution in [3.05, 3.63) is 48.6 Å². The molecule has 0 aromatic carbocycles. The molecule has 2 heterocycles. The Kier molecular flexibility index (Phi) is 26.3. The highest BCUT2D eigenvalue weighted by atomic mass is 16.7. The fraction of sp³-hybridized carbons (Fsp3) is 0.756. The first kappa shape index (κ1) is 49.6. The van der Waals surface area contributed by atoms with E-state index >= 15 is 0 Å². The van der Waals surface area contributed by atoms with Gasteiger partial charge in [-0.3, -0.25) is 9.59 Å². The van der Waals surface area contributed by atoms with Crippen molar-refractivity contribution in [3.63, 3.8) is 0 Å². The summed E-state index contributed by atoms with van der Waals surface area (Å²) in [4.78, 5) is 25.1. The zero-order valence-corrected chi connectivity index (χ0v) is 33.1. The first-order valence-corrected chi connectivity index (χ1v) is 20.2. The third-order valence-electron chi connectivity index (χ3n) is 9.32. The van der Waals surface area contributed by atoms with Crippen LogP contribution in [0.3, 0.4) is 0 Å². The standard InChI is InChI=1S/C41H68O15/c1-3-5-7-8-9-10-11-12-13-14-15-16-17-18-19-20-22-24-33(44)54-29(26-51-32(43)23-21-6-4-2)27-52-40-39(50)37(48)35(46)31(56-40)28-53-41-38(49)36(47)34(45)30(25-42)55-41/h5,7,9-10,12-13,15-16,29-31,34-42,45-50H,3-4,6,8,11,14,17-28H2,1-2H3/b7-5-,10-9-,13-12-,16-15-. The molecule has 7 N–H and O–H groups in total. The lowest BCUT2D eigenvalue weighted by Crippen LogP contribution is -2.61. The zero-order valence-electron chi connectivity index (χ0n) is 33.1. The predicted octanol–water partition coefficient (Wildman–Crippen LogP) is 2.81. The predicted molar refractivity (Wildman–Crippen MR) is 206 cm³/mol. The molecule has 0 spiro atoms. The summed E-state index contributed by atoms with van der Waals surface area (Å²) in [6, 6.07) is 0. The normalized spacial score (nSPS) is 29.2. The fourth-order valence-electron chi connectivity index (χ4n) is 5.91. The third kappa shape index (κ3) is 19.3. The van der Waals surface area contributed by atoms with Crippen molar-refractivity contribution in [1.82, 2.24) is 0 Å². The van der Waals surface area contributed by atoms with E-state index in [1.807, 2.05) is 6.92 Å². The lowest BCUT2D eigenvalue weighted by Gasteiger charge is -2.42. The average Bonchev–Trinajstić information content (AvgIpc) is 3.19. The van der Waals surface area contributed by atoms with Gasteiger partial charge < -0.3 is 64.2 Å². The van der Waals surface area contributed by atoms with Crippen molar-refractivity contribution in [2.24, 2.45) is 0 Å². The van der Waals surface area contributed by atoms with E-state index in [0.29, 0.717) is 12.8 Å². The molecule has 2 rings (SSSR count). The van der Waals surface area contributed by atoms with Crippen molar-refractivity contribution < 1.29 is 73.8 Å². The van der Waals surface area contributed by atoms with Crippen LogP contribution in [0.25, 0.3) is 0 Å². The van der Waals surface area contributed by atoms with E-state index in [0.717, 1.165) is 64.2 Å². The van der Waals surface area contributed by atoms with E-state index in [9.17, 15) is 45.3 Å². The van der Waals surface area contributed by atoms with Crippen LogP contribution >= 0.6 is 0 Å². The molecule has 0 aliphatic carbocycles. The van der Waals surface area contributed by atoms with Crippen molar-refractivity contribution >= 4 is 11.9 Å². The first-order chi connectivity index (χ1) is 27.0. The van der Waals surface area contributed by atoms with E-state index in [-0.39, 0.29) is 19.4 Å². The second kappa shape index (κ2) is 29.6. The van der Waals surface area contributed by atoms with Crippen LogP contribution in [0.15, 0.2) is 48.6 Å². The average molecular weight is 801 g/mol. The molecule has 2 aliphatic heterocycles. The summed E-state index contributed by atoms with van der Waals surface area (Å²) >= 11 is 0. The van der Waals surface area contributed by atoms with Crippen LogP contribution in [0.4, 0.5) is 0 Å². The molecule has 11 unspecified atom stereocenters. The Morgan fingerprint density at radius 3 is 1.75 bits per heavy atom. The SMILES string of the molecule is CC/C=C\C/C=C\C/C=C\C/C=C\CCCCCCC(=O)OC(COC(=O)CCCCC)COC1OC(COC2OC(CO)C(O)C(O)C2O)C(O)C(O)C1O. The van der Waals surface area contributed by atoms with Crippen LogP contribution in [0.2, 0.25) is 0 Å². The number of ether oxygens (including phenoxy) is 6. The number of aliphatic hydroxyl groups is 7. The molecule has 0 amide bonds. The first-order valence-electron chi connectivity index (χ1n) is 20.2. The molecule has 0 aromatic heterocycles. The van der Waals surface area contributed by atoms with Crippen LogP contribution < -0.4 is 0 Å². The summed E-state index contributed by atoms with van der Waals surface area (Å²) in [6.45, 7) is 2.20. The van der Waals surface area contributed by atoms with Crippen LogP contribution in [0, 0.1) is 0 Å². The van der Waals surface area contributed by atoms with Gasteiger partial charge in [-0.1, -0.05) is 88.1 Å². The Hall–Kier alpha value is -2.54. The Morgan fingerprint density at radius 2 is 1.12 bits per heavy atom. The zero-order chi connectivity index (χ0) is 41.1. The van der Waals surface area contributed by atoms with Crippen molar-refractivity contribution in [3.8, 4) is 0 Å². The van der Waals surface area contributed by atoms with E-state index in [4.69, 9.17) is 28.4 Å². The molecule has 2 aliphatic rings. The molecule has 322 valence electrons. The minimum Gasteiger partial charge on any atom is -0.462 e. The molecule has 2 fully saturated rings. The number of carbonyl (C=O) groups is 2. The number of carbonyl (C=O) groups excluding carboxylic acids is 2. The summed E-state index contributed by atoms with van der Waals surface area (Å²) in [7, 11) is 0. The van der Waals surface area contributed by atoms with Crippen LogP contribution in [0.5, 0.6) is 0 Å². The summed E-state index contributed by atoms with van der Waals surface area (Å²) in [6.07, 6.45) is 11.3. The smallest absolute Gasteiger partial charge is 0.306 e. The molecule has 56 heavy (non-hydrogen) atoms. The molecule has 0 saturated carbocycles. The molecule has 2 saturated heterocycles. The molecule has 0 aromatic rings. The number of hydrogen-bond acceptors (Lipinski definition) is 15. The van der Waals surface area contributed by atoms with Gasteiger partial charge in [-0.05, 0) is 51.4 Å². The number of unbranched alkanes of at least 4 members (excludes halogenated alkanes) is 6. The van der Waals surface area contributed by atoms with Crippen molar-refractivity contribution in [1.29, 1.82) is 0 Å². The van der Waals surface area contributed by atoms with Gasteiger partial charge in [0.25, 0.3) is 0 Å². The maximum atomic E-state index is 12.8. The Bertz CT molecular complexity index is 1170. The van der Waals surface area contributed by atoms with Gasteiger partial charge in [0.05, 0.1) is 19.8 Å². The van der Waals surface area contributed by atoms with E-state index < -0.39 is 99.3 Å². The molecule has 11 atom stereocenters.